The van der Waals surface area contributed by atoms with Crippen molar-refractivity contribution in [3.8, 4) is 5.75 Å². The van der Waals surface area contributed by atoms with Crippen molar-refractivity contribution in [2.45, 2.75) is 13.1 Å². The van der Waals surface area contributed by atoms with E-state index in [4.69, 9.17) is 4.74 Å². The molecule has 0 aromatic heterocycles. The number of rotatable bonds is 8. The molecule has 1 N–H and O–H groups in total. The summed E-state index contributed by atoms with van der Waals surface area (Å²) in [7, 11) is 7.76. The fraction of sp³-hybridized carbons (Fsp3) is 0.381. The first-order valence-electron chi connectivity index (χ1n) is 9.01. The molecule has 0 unspecified atom stereocenters. The van der Waals surface area contributed by atoms with Crippen LogP contribution >= 0.6 is 24.0 Å². The molecule has 5 nitrogen and oxygen atoms in total. The molecule has 154 valence electrons. The van der Waals surface area contributed by atoms with E-state index in [1.165, 1.54) is 12.1 Å². The lowest BCUT2D eigenvalue weighted by atomic mass is 10.2. The van der Waals surface area contributed by atoms with Crippen LogP contribution in [0.3, 0.4) is 0 Å². The molecule has 0 bridgehead atoms. The van der Waals surface area contributed by atoms with Gasteiger partial charge in [-0.3, -0.25) is 4.99 Å². The molecule has 28 heavy (non-hydrogen) atoms. The summed E-state index contributed by atoms with van der Waals surface area (Å²) in [6.07, 6.45) is 0. The third-order valence-corrected chi connectivity index (χ3v) is 4.11. The van der Waals surface area contributed by atoms with Crippen LogP contribution in [0.15, 0.2) is 53.5 Å². The van der Waals surface area contributed by atoms with Gasteiger partial charge in [-0.25, -0.2) is 4.39 Å². The van der Waals surface area contributed by atoms with Crippen LogP contribution < -0.4 is 10.1 Å². The minimum atomic E-state index is -0.227. The summed E-state index contributed by atoms with van der Waals surface area (Å²) < 4.78 is 19.0. The summed E-state index contributed by atoms with van der Waals surface area (Å²) in [5.41, 5.74) is 2.10. The fourth-order valence-electron chi connectivity index (χ4n) is 2.63. The molecule has 2 aromatic rings. The number of nitrogens with one attached hydrogen (secondary N) is 1. The largest absolute Gasteiger partial charge is 0.492 e. The number of ether oxygens (including phenoxy) is 1. The van der Waals surface area contributed by atoms with E-state index in [0.29, 0.717) is 19.7 Å². The maximum Gasteiger partial charge on any atom is 0.193 e. The van der Waals surface area contributed by atoms with E-state index in [2.05, 4.69) is 15.2 Å². The van der Waals surface area contributed by atoms with Crippen molar-refractivity contribution in [1.29, 1.82) is 0 Å². The average Bonchev–Trinajstić information content (AvgIpc) is 2.65. The van der Waals surface area contributed by atoms with E-state index in [1.54, 1.807) is 19.2 Å². The van der Waals surface area contributed by atoms with Gasteiger partial charge in [0, 0.05) is 39.3 Å². The Bertz CT molecular complexity index is 737. The van der Waals surface area contributed by atoms with Gasteiger partial charge in [0.2, 0.25) is 0 Å². The molecular formula is C21H30FIN4O. The lowest BCUT2D eigenvalue weighted by molar-refractivity contribution is 0.259. The Morgan fingerprint density at radius 1 is 1.07 bits per heavy atom. The van der Waals surface area contributed by atoms with Crippen LogP contribution in [0, 0.1) is 5.82 Å². The van der Waals surface area contributed by atoms with Gasteiger partial charge in [-0.05, 0) is 37.9 Å². The van der Waals surface area contributed by atoms with E-state index >= 15 is 0 Å². The Kier molecular flexibility index (Phi) is 10.8. The Labute approximate surface area is 184 Å². The maximum atomic E-state index is 13.1. The Hall–Kier alpha value is -1.87. The molecule has 0 spiro atoms. The number of benzene rings is 2. The van der Waals surface area contributed by atoms with Crippen LogP contribution in [0.2, 0.25) is 0 Å². The highest BCUT2D eigenvalue weighted by Crippen LogP contribution is 2.17. The van der Waals surface area contributed by atoms with Crippen molar-refractivity contribution in [1.82, 2.24) is 15.1 Å². The molecule has 0 saturated carbocycles. The van der Waals surface area contributed by atoms with Gasteiger partial charge in [-0.1, -0.05) is 30.3 Å². The minimum Gasteiger partial charge on any atom is -0.492 e. The van der Waals surface area contributed by atoms with Gasteiger partial charge < -0.3 is 19.9 Å². The highest BCUT2D eigenvalue weighted by atomic mass is 127. The van der Waals surface area contributed by atoms with Gasteiger partial charge in [0.25, 0.3) is 0 Å². The van der Waals surface area contributed by atoms with E-state index in [1.807, 2.05) is 50.3 Å². The zero-order valence-electron chi connectivity index (χ0n) is 17.0. The molecule has 0 fully saturated rings. The van der Waals surface area contributed by atoms with Gasteiger partial charge in [0.05, 0.1) is 0 Å². The molecule has 0 aliphatic rings. The van der Waals surface area contributed by atoms with Crippen LogP contribution in [-0.2, 0) is 13.1 Å². The standard InChI is InChI=1S/C21H29FN4O.HI/c1-23-21(26(4)16-17-9-11-19(22)12-10-17)24-15-18-7-5-6-8-20(18)27-14-13-25(2)3;/h5-12H,13-16H2,1-4H3,(H,23,24);1H. The summed E-state index contributed by atoms with van der Waals surface area (Å²) in [5, 5.41) is 3.37. The summed E-state index contributed by atoms with van der Waals surface area (Å²) in [6, 6.07) is 14.5. The highest BCUT2D eigenvalue weighted by molar-refractivity contribution is 14.0. The van der Waals surface area contributed by atoms with Crippen molar-refractivity contribution in [2.24, 2.45) is 4.99 Å². The number of halogens is 2. The smallest absolute Gasteiger partial charge is 0.193 e. The van der Waals surface area contributed by atoms with Crippen LogP contribution in [0.1, 0.15) is 11.1 Å². The van der Waals surface area contributed by atoms with Crippen LogP contribution in [0.5, 0.6) is 5.75 Å². The molecule has 0 radical (unpaired) electrons. The molecule has 0 atom stereocenters. The van der Waals surface area contributed by atoms with Crippen molar-refractivity contribution in [3.05, 3.63) is 65.5 Å². The molecule has 0 aliphatic heterocycles. The second kappa shape index (κ2) is 12.6. The predicted molar refractivity (Wildman–Crippen MR) is 124 cm³/mol. The summed E-state index contributed by atoms with van der Waals surface area (Å²) in [5.74, 6) is 1.42. The molecule has 0 saturated heterocycles. The third kappa shape index (κ3) is 8.02. The number of aliphatic imine (C=N–C) groups is 1. The zero-order chi connectivity index (χ0) is 19.6. The fourth-order valence-corrected chi connectivity index (χ4v) is 2.63. The normalized spacial score (nSPS) is 11.1. The van der Waals surface area contributed by atoms with Crippen molar-refractivity contribution in [2.75, 3.05) is 41.3 Å². The van der Waals surface area contributed by atoms with E-state index in [-0.39, 0.29) is 29.8 Å². The molecule has 2 aromatic carbocycles. The monoisotopic (exact) mass is 500 g/mol. The molecule has 7 heteroatoms. The number of guanidine groups is 1. The molecular weight excluding hydrogens is 470 g/mol. The second-order valence-electron chi connectivity index (χ2n) is 6.64. The van der Waals surface area contributed by atoms with E-state index in [9.17, 15) is 4.39 Å². The van der Waals surface area contributed by atoms with Crippen molar-refractivity contribution >= 4 is 29.9 Å². The van der Waals surface area contributed by atoms with Crippen molar-refractivity contribution < 1.29 is 9.13 Å². The summed E-state index contributed by atoms with van der Waals surface area (Å²) in [4.78, 5) is 8.43. The first-order valence-corrected chi connectivity index (χ1v) is 9.01. The van der Waals surface area contributed by atoms with Gasteiger partial charge in [-0.15, -0.1) is 24.0 Å². The SMILES string of the molecule is CN=C(NCc1ccccc1OCCN(C)C)N(C)Cc1ccc(F)cc1.I. The lowest BCUT2D eigenvalue weighted by Gasteiger charge is -2.23. The quantitative estimate of drug-likeness (QED) is 0.342. The summed E-state index contributed by atoms with van der Waals surface area (Å²) >= 11 is 0. The zero-order valence-corrected chi connectivity index (χ0v) is 19.3. The average molecular weight is 500 g/mol. The van der Waals surface area contributed by atoms with Gasteiger partial charge in [0.1, 0.15) is 18.2 Å². The lowest BCUT2D eigenvalue weighted by Crippen LogP contribution is -2.38. The van der Waals surface area contributed by atoms with Gasteiger partial charge >= 0.3 is 0 Å². The molecule has 0 heterocycles. The number of nitrogens with zero attached hydrogens (tertiary/aromatic N) is 3. The van der Waals surface area contributed by atoms with E-state index in [0.717, 1.165) is 29.4 Å². The predicted octanol–water partition coefficient (Wildman–Crippen LogP) is 3.59. The number of likely N-dealkylation sites (N-methyl/N-ethyl adjacent to an activating group) is 1. The van der Waals surface area contributed by atoms with Crippen molar-refractivity contribution in [3.63, 3.8) is 0 Å². The highest BCUT2D eigenvalue weighted by Gasteiger charge is 2.09. The molecule has 2 rings (SSSR count). The van der Waals surface area contributed by atoms with Crippen LogP contribution in [-0.4, -0.2) is 57.1 Å². The number of hydrogen-bond donors (Lipinski definition) is 1. The molecule has 0 aliphatic carbocycles. The number of para-hydroxylation sites is 1. The third-order valence-electron chi connectivity index (χ3n) is 4.11. The first-order chi connectivity index (χ1) is 13.0. The minimum absolute atomic E-state index is 0. The van der Waals surface area contributed by atoms with Crippen LogP contribution in [0.4, 0.5) is 4.39 Å². The summed E-state index contributed by atoms with van der Waals surface area (Å²) in [6.45, 7) is 2.76. The Balaban J connectivity index is 0.00000392. The van der Waals surface area contributed by atoms with Crippen LogP contribution in [0.25, 0.3) is 0 Å². The van der Waals surface area contributed by atoms with Gasteiger partial charge in [0.15, 0.2) is 5.96 Å². The second-order valence-corrected chi connectivity index (χ2v) is 6.64. The Morgan fingerprint density at radius 2 is 1.75 bits per heavy atom. The topological polar surface area (TPSA) is 40.1 Å². The van der Waals surface area contributed by atoms with E-state index < -0.39 is 0 Å². The maximum absolute atomic E-state index is 13.1. The first kappa shape index (κ1) is 24.2. The molecule has 0 amide bonds. The van der Waals surface area contributed by atoms with Gasteiger partial charge in [-0.2, -0.15) is 0 Å². The Morgan fingerprint density at radius 3 is 2.39 bits per heavy atom. The number of hydrogen-bond acceptors (Lipinski definition) is 3.